The lowest BCUT2D eigenvalue weighted by molar-refractivity contribution is -0.197. The first-order valence-electron chi connectivity index (χ1n) is 17.7. The molecule has 1 aliphatic carbocycles. The van der Waals surface area contributed by atoms with Crippen molar-refractivity contribution in [2.24, 2.45) is 5.41 Å². The second kappa shape index (κ2) is 20.4. The number of ketones is 2. The highest BCUT2D eigenvalue weighted by Crippen LogP contribution is 2.39. The minimum absolute atomic E-state index is 0.0519. The van der Waals surface area contributed by atoms with E-state index in [1.54, 1.807) is 66.8 Å². The summed E-state index contributed by atoms with van der Waals surface area (Å²) in [4.78, 5) is 99.4. The van der Waals surface area contributed by atoms with Crippen LogP contribution >= 0.6 is 11.3 Å². The van der Waals surface area contributed by atoms with Crippen LogP contribution in [0.25, 0.3) is 10.2 Å². The van der Waals surface area contributed by atoms with Gasteiger partial charge in [-0.1, -0.05) is 20.8 Å². The number of hydrogen-bond acceptors (Lipinski definition) is 14. The van der Waals surface area contributed by atoms with Crippen molar-refractivity contribution in [1.82, 2.24) is 19.8 Å². The molecule has 0 unspecified atom stereocenters. The van der Waals surface area contributed by atoms with Crippen molar-refractivity contribution < 1.29 is 52.6 Å². The first-order valence-corrected chi connectivity index (χ1v) is 18.5. The van der Waals surface area contributed by atoms with Gasteiger partial charge in [0.05, 0.1) is 43.1 Å². The normalized spacial score (nSPS) is 13.1. The quantitative estimate of drug-likeness (QED) is 0.0845. The molecule has 4 amide bonds. The van der Waals surface area contributed by atoms with Gasteiger partial charge in [0.15, 0.2) is 16.6 Å². The Morgan fingerprint density at radius 2 is 1.58 bits per heavy atom. The maximum Gasteiger partial charge on any atom is 0.415 e. The zero-order valence-electron chi connectivity index (χ0n) is 32.2. The first-order chi connectivity index (χ1) is 26.0. The van der Waals surface area contributed by atoms with Crippen LogP contribution < -0.4 is 4.74 Å². The molecule has 2 aromatic rings. The van der Waals surface area contributed by atoms with Gasteiger partial charge < -0.3 is 28.8 Å². The van der Waals surface area contributed by atoms with Crippen LogP contribution in [0.5, 0.6) is 5.75 Å². The number of likely N-dealkylation sites (N-methyl/N-ethyl adjacent to an activating group) is 1. The van der Waals surface area contributed by atoms with Gasteiger partial charge in [0.25, 0.3) is 12.3 Å². The van der Waals surface area contributed by atoms with E-state index in [0.29, 0.717) is 44.0 Å². The minimum atomic E-state index is -0.941. The molecule has 0 spiro atoms. The molecule has 1 aromatic heterocycles. The van der Waals surface area contributed by atoms with Crippen LogP contribution in [0.1, 0.15) is 72.2 Å². The Hall–Kier alpha value is -5.31. The smallest absolute Gasteiger partial charge is 0.410 e. The molecule has 17 heteroatoms. The SMILES string of the molecule is CCCC(=O)N(C=O)OC(=O)CCOCCOCCN(CCN(C)C(=O)CC(C)(C)C1=C(C)C(=O)C(C)=C(C)C1=O)C(=O)Oc1ccc2nc(C#N)sc2c1. The van der Waals surface area contributed by atoms with Crippen molar-refractivity contribution in [2.75, 3.05) is 53.1 Å². The Bertz CT molecular complexity index is 1910. The number of thiazole rings is 1. The highest BCUT2D eigenvalue weighted by atomic mass is 32.1. The van der Waals surface area contributed by atoms with Crippen molar-refractivity contribution in [1.29, 1.82) is 5.26 Å². The van der Waals surface area contributed by atoms with Crippen molar-refractivity contribution in [3.63, 3.8) is 0 Å². The van der Waals surface area contributed by atoms with E-state index in [4.69, 9.17) is 19.0 Å². The predicted molar refractivity (Wildman–Crippen MR) is 199 cm³/mol. The number of nitrogens with zero attached hydrogens (tertiary/aromatic N) is 5. The summed E-state index contributed by atoms with van der Waals surface area (Å²) in [5.74, 6) is -1.97. The van der Waals surface area contributed by atoms with E-state index in [1.165, 1.54) is 9.80 Å². The number of carbonyl (C=O) groups excluding carboxylic acids is 7. The number of carbonyl (C=O) groups is 7. The number of fused-ring (bicyclic) bond motifs is 1. The van der Waals surface area contributed by atoms with Crippen molar-refractivity contribution >= 4 is 63.4 Å². The molecule has 55 heavy (non-hydrogen) atoms. The molecule has 16 nitrogen and oxygen atoms in total. The Labute approximate surface area is 323 Å². The van der Waals surface area contributed by atoms with Crippen LogP contribution in [0.4, 0.5) is 4.79 Å². The molecular formula is C38H47N5O11S. The summed E-state index contributed by atoms with van der Waals surface area (Å²) in [7, 11) is 1.58. The molecule has 0 N–H and O–H groups in total. The maximum atomic E-state index is 13.5. The lowest BCUT2D eigenvalue weighted by Crippen LogP contribution is -2.43. The maximum absolute atomic E-state index is 13.5. The second-order valence-electron chi connectivity index (χ2n) is 13.4. The Morgan fingerprint density at radius 1 is 0.909 bits per heavy atom. The fraction of sp³-hybridized carbons (Fsp3) is 0.500. The van der Waals surface area contributed by atoms with E-state index in [0.717, 1.165) is 11.3 Å². The van der Waals surface area contributed by atoms with Gasteiger partial charge in [0.2, 0.25) is 5.91 Å². The summed E-state index contributed by atoms with van der Waals surface area (Å²) in [5.41, 5.74) is 1.06. The van der Waals surface area contributed by atoms with Crippen LogP contribution in [-0.2, 0) is 43.1 Å². The number of nitriles is 1. The summed E-state index contributed by atoms with van der Waals surface area (Å²) in [6.45, 7) is 10.5. The number of Topliss-reactive ketones (excluding diaryl/α,β-unsaturated/α-hetero) is 2. The number of ether oxygens (including phenoxy) is 3. The summed E-state index contributed by atoms with van der Waals surface area (Å²) in [5, 5.41) is 9.83. The average Bonchev–Trinajstić information content (AvgIpc) is 3.56. The number of benzene rings is 1. The van der Waals surface area contributed by atoms with E-state index in [-0.39, 0.29) is 100.0 Å². The predicted octanol–water partition coefficient (Wildman–Crippen LogP) is 4.31. The molecule has 3 rings (SSSR count). The van der Waals surface area contributed by atoms with E-state index < -0.39 is 23.4 Å². The molecule has 0 atom stereocenters. The summed E-state index contributed by atoms with van der Waals surface area (Å²) < 4.78 is 17.3. The van der Waals surface area contributed by atoms with E-state index in [1.807, 2.05) is 6.07 Å². The van der Waals surface area contributed by atoms with Gasteiger partial charge in [0, 0.05) is 73.3 Å². The van der Waals surface area contributed by atoms with E-state index in [2.05, 4.69) is 4.98 Å². The van der Waals surface area contributed by atoms with E-state index >= 15 is 0 Å². The fourth-order valence-electron chi connectivity index (χ4n) is 5.64. The van der Waals surface area contributed by atoms with Crippen LogP contribution in [-0.4, -0.2) is 115 Å². The summed E-state index contributed by atoms with van der Waals surface area (Å²) >= 11 is 1.16. The van der Waals surface area contributed by atoms with Gasteiger partial charge in [-0.15, -0.1) is 16.4 Å². The third-order valence-corrected chi connectivity index (χ3v) is 9.76. The Morgan fingerprint density at radius 3 is 2.24 bits per heavy atom. The van der Waals surface area contributed by atoms with Crippen LogP contribution in [0.15, 0.2) is 40.5 Å². The molecule has 0 radical (unpaired) electrons. The highest BCUT2D eigenvalue weighted by Gasteiger charge is 2.39. The molecule has 296 valence electrons. The van der Waals surface area contributed by atoms with E-state index in [9.17, 15) is 38.8 Å². The number of rotatable bonds is 19. The number of hydroxylamine groups is 2. The largest absolute Gasteiger partial charge is 0.415 e. The average molecular weight is 782 g/mol. The van der Waals surface area contributed by atoms with Crippen molar-refractivity contribution in [3.05, 3.63) is 45.5 Å². The second-order valence-corrected chi connectivity index (χ2v) is 14.4. The lowest BCUT2D eigenvalue weighted by atomic mass is 9.71. The topological polar surface area (TPSA) is 203 Å². The van der Waals surface area contributed by atoms with Gasteiger partial charge in [0.1, 0.15) is 11.8 Å². The van der Waals surface area contributed by atoms with Gasteiger partial charge in [-0.2, -0.15) is 5.26 Å². The fourth-order valence-corrected chi connectivity index (χ4v) is 6.44. The van der Waals surface area contributed by atoms with Gasteiger partial charge >= 0.3 is 12.1 Å². The molecule has 0 bridgehead atoms. The zero-order chi connectivity index (χ0) is 40.9. The molecule has 0 saturated heterocycles. The minimum Gasteiger partial charge on any atom is -0.410 e. The third-order valence-electron chi connectivity index (χ3n) is 8.84. The van der Waals surface area contributed by atoms with Crippen LogP contribution in [0, 0.1) is 16.7 Å². The Kier molecular flexibility index (Phi) is 16.3. The van der Waals surface area contributed by atoms with Gasteiger partial charge in [-0.3, -0.25) is 24.0 Å². The number of imide groups is 1. The monoisotopic (exact) mass is 781 g/mol. The summed E-state index contributed by atoms with van der Waals surface area (Å²) in [6.07, 6.45) is -0.306. The Balaban J connectivity index is 1.58. The molecular weight excluding hydrogens is 735 g/mol. The van der Waals surface area contributed by atoms with Crippen LogP contribution in [0.2, 0.25) is 0 Å². The zero-order valence-corrected chi connectivity index (χ0v) is 33.0. The van der Waals surface area contributed by atoms with Gasteiger partial charge in [-0.25, -0.2) is 14.6 Å². The molecule has 1 aromatic carbocycles. The highest BCUT2D eigenvalue weighted by molar-refractivity contribution is 7.19. The third kappa shape index (κ3) is 12.1. The van der Waals surface area contributed by atoms with Crippen molar-refractivity contribution in [3.8, 4) is 11.8 Å². The number of amides is 4. The van der Waals surface area contributed by atoms with Crippen molar-refractivity contribution in [2.45, 2.75) is 67.2 Å². The van der Waals surface area contributed by atoms with Crippen LogP contribution in [0.3, 0.4) is 0 Å². The lowest BCUT2D eigenvalue weighted by Gasteiger charge is -2.33. The molecule has 0 saturated carbocycles. The first kappa shape index (κ1) is 44.1. The number of aromatic nitrogens is 1. The standard InChI is InChI=1S/C38H47N5O11S/c1-8-9-31(45)43(23-44)54-33(47)12-16-51-18-19-52-17-15-42(37(50)53-27-10-11-28-29(20-27)55-30(22-39)40-28)14-13-41(7)32(46)21-38(5,6)34-26(4)35(48)24(2)25(3)36(34)49/h10-11,20,23H,8-9,12-19,21H2,1-7H3. The molecule has 0 fully saturated rings. The molecule has 1 aliphatic rings. The number of allylic oxidation sites excluding steroid dienone is 4. The number of hydrogen-bond donors (Lipinski definition) is 0. The molecule has 0 aliphatic heterocycles. The summed E-state index contributed by atoms with van der Waals surface area (Å²) in [6, 6.07) is 6.81. The molecule has 1 heterocycles. The van der Waals surface area contributed by atoms with Gasteiger partial charge in [-0.05, 0) is 39.3 Å².